The molecular weight excluding hydrogens is 258 g/mol. The van der Waals surface area contributed by atoms with Crippen LogP contribution in [0.1, 0.15) is 40.5 Å². The second kappa shape index (κ2) is 7.74. The van der Waals surface area contributed by atoms with Crippen molar-refractivity contribution in [2.75, 3.05) is 20.3 Å². The van der Waals surface area contributed by atoms with Gasteiger partial charge in [0.25, 0.3) is 0 Å². The van der Waals surface area contributed by atoms with E-state index in [1.165, 1.54) is 7.11 Å². The zero-order chi connectivity index (χ0) is 15.2. The van der Waals surface area contributed by atoms with Gasteiger partial charge in [0.05, 0.1) is 20.3 Å². The first-order chi connectivity index (χ1) is 9.34. The van der Waals surface area contributed by atoms with E-state index < -0.39 is 6.04 Å². The molecule has 0 aliphatic carbocycles. The van der Waals surface area contributed by atoms with E-state index in [9.17, 15) is 4.79 Å². The topological polar surface area (TPSA) is 57.1 Å². The largest absolute Gasteiger partial charge is 0.467 e. The van der Waals surface area contributed by atoms with Crippen LogP contribution in [0.3, 0.4) is 0 Å². The summed E-state index contributed by atoms with van der Waals surface area (Å²) in [6, 6.07) is -0.431. The van der Waals surface area contributed by atoms with Crippen molar-refractivity contribution in [3.05, 3.63) is 0 Å². The first-order valence-electron chi connectivity index (χ1n) is 7.17. The fourth-order valence-corrected chi connectivity index (χ4v) is 1.94. The summed E-state index contributed by atoms with van der Waals surface area (Å²) in [4.78, 5) is 15.9. The van der Waals surface area contributed by atoms with Crippen molar-refractivity contribution in [3.8, 4) is 0 Å². The van der Waals surface area contributed by atoms with Crippen molar-refractivity contribution >= 4 is 12.2 Å². The fraction of sp³-hybridized carbons (Fsp3) is 0.867. The van der Waals surface area contributed by atoms with Crippen molar-refractivity contribution in [3.63, 3.8) is 0 Å². The quantitative estimate of drug-likeness (QED) is 0.555. The Hall–Kier alpha value is -0.940. The molecule has 1 aliphatic heterocycles. The van der Waals surface area contributed by atoms with Gasteiger partial charge in [0.1, 0.15) is 6.04 Å². The zero-order valence-electron chi connectivity index (χ0n) is 13.2. The highest BCUT2D eigenvalue weighted by molar-refractivity contribution is 5.77. The number of ether oxygens (including phenoxy) is 3. The van der Waals surface area contributed by atoms with Gasteiger partial charge in [-0.25, -0.2) is 4.79 Å². The third-order valence-corrected chi connectivity index (χ3v) is 3.07. The number of nitrogens with zero attached hydrogens (tertiary/aromatic N) is 1. The molecule has 0 amide bonds. The van der Waals surface area contributed by atoms with Crippen LogP contribution in [0, 0.1) is 11.3 Å². The van der Waals surface area contributed by atoms with E-state index in [1.807, 2.05) is 0 Å². The molecule has 0 spiro atoms. The van der Waals surface area contributed by atoms with E-state index in [4.69, 9.17) is 14.2 Å². The van der Waals surface area contributed by atoms with Gasteiger partial charge < -0.3 is 14.2 Å². The summed E-state index contributed by atoms with van der Waals surface area (Å²) in [6.45, 7) is 9.68. The van der Waals surface area contributed by atoms with Crippen LogP contribution >= 0.6 is 0 Å². The Bertz CT molecular complexity index is 329. The van der Waals surface area contributed by atoms with Gasteiger partial charge in [0, 0.05) is 18.1 Å². The molecule has 1 atom stereocenters. The van der Waals surface area contributed by atoms with Gasteiger partial charge >= 0.3 is 5.97 Å². The van der Waals surface area contributed by atoms with Gasteiger partial charge in [0.15, 0.2) is 6.29 Å². The number of hydrogen-bond donors (Lipinski definition) is 0. The molecule has 1 fully saturated rings. The molecule has 0 saturated carbocycles. The summed E-state index contributed by atoms with van der Waals surface area (Å²) in [6.07, 6.45) is 2.70. The van der Waals surface area contributed by atoms with Crippen LogP contribution in [-0.4, -0.2) is 44.8 Å². The Morgan fingerprint density at radius 3 is 2.50 bits per heavy atom. The summed E-state index contributed by atoms with van der Waals surface area (Å²) >= 11 is 0. The van der Waals surface area contributed by atoms with Crippen molar-refractivity contribution < 1.29 is 19.0 Å². The highest BCUT2D eigenvalue weighted by Crippen LogP contribution is 2.23. The molecule has 0 unspecified atom stereocenters. The second-order valence-electron chi connectivity index (χ2n) is 6.45. The van der Waals surface area contributed by atoms with E-state index in [2.05, 4.69) is 32.7 Å². The van der Waals surface area contributed by atoms with Crippen molar-refractivity contribution in [2.45, 2.75) is 52.9 Å². The number of hydrogen-bond acceptors (Lipinski definition) is 5. The van der Waals surface area contributed by atoms with E-state index in [0.29, 0.717) is 32.0 Å². The molecule has 20 heavy (non-hydrogen) atoms. The van der Waals surface area contributed by atoms with Gasteiger partial charge in [-0.1, -0.05) is 27.7 Å². The Balaban J connectivity index is 2.42. The lowest BCUT2D eigenvalue weighted by molar-refractivity contribution is -0.217. The summed E-state index contributed by atoms with van der Waals surface area (Å²) in [5.74, 6) is 0.0980. The predicted molar refractivity (Wildman–Crippen MR) is 77.8 cm³/mol. The number of rotatable bonds is 6. The molecule has 0 N–H and O–H groups in total. The van der Waals surface area contributed by atoms with Gasteiger partial charge in [-0.05, 0) is 12.3 Å². The molecule has 0 aromatic rings. The van der Waals surface area contributed by atoms with Gasteiger partial charge in [-0.2, -0.15) is 0 Å². The first-order valence-corrected chi connectivity index (χ1v) is 7.17. The normalized spacial score (nSPS) is 21.3. The molecular formula is C15H27NO4. The first kappa shape index (κ1) is 17.1. The third kappa shape index (κ3) is 6.01. The van der Waals surface area contributed by atoms with Crippen molar-refractivity contribution in [1.82, 2.24) is 0 Å². The maximum Gasteiger partial charge on any atom is 0.330 e. The average Bonchev–Trinajstić information content (AvgIpc) is 2.38. The van der Waals surface area contributed by atoms with Crippen LogP contribution in [-0.2, 0) is 19.0 Å². The lowest BCUT2D eigenvalue weighted by Crippen LogP contribution is -2.37. The number of aliphatic imine (C=N–C) groups is 1. The zero-order valence-corrected chi connectivity index (χ0v) is 13.2. The standard InChI is InChI=1S/C15H27NO4/c1-11(2)8-12(14(17)18-5)16-7-6-13-19-9-15(3,4)10-20-13/h7,11-13H,6,8-10H2,1-5H3/t12-/m0/s1. The molecule has 0 radical (unpaired) electrons. The van der Waals surface area contributed by atoms with Crippen molar-refractivity contribution in [1.29, 1.82) is 0 Å². The predicted octanol–water partition coefficient (Wildman–Crippen LogP) is 2.43. The van der Waals surface area contributed by atoms with Crippen LogP contribution in [0.4, 0.5) is 0 Å². The molecule has 0 bridgehead atoms. The minimum absolute atomic E-state index is 0.0693. The highest BCUT2D eigenvalue weighted by Gasteiger charge is 2.27. The second-order valence-corrected chi connectivity index (χ2v) is 6.45. The lowest BCUT2D eigenvalue weighted by atomic mass is 9.95. The summed E-state index contributed by atoms with van der Waals surface area (Å²) in [5.41, 5.74) is 0.0693. The number of carbonyl (C=O) groups is 1. The van der Waals surface area contributed by atoms with E-state index in [-0.39, 0.29) is 17.7 Å². The summed E-state index contributed by atoms with van der Waals surface area (Å²) in [7, 11) is 1.39. The number of methoxy groups -OCH3 is 1. The monoisotopic (exact) mass is 285 g/mol. The van der Waals surface area contributed by atoms with Gasteiger partial charge in [-0.15, -0.1) is 0 Å². The molecule has 5 heteroatoms. The lowest BCUT2D eigenvalue weighted by Gasteiger charge is -2.34. The minimum Gasteiger partial charge on any atom is -0.467 e. The molecule has 1 aliphatic rings. The number of esters is 1. The van der Waals surface area contributed by atoms with Gasteiger partial charge in [0.2, 0.25) is 0 Å². The Labute approximate surface area is 121 Å². The Morgan fingerprint density at radius 2 is 2.00 bits per heavy atom. The molecule has 1 saturated heterocycles. The maximum absolute atomic E-state index is 11.6. The van der Waals surface area contributed by atoms with Crippen LogP contribution in [0.5, 0.6) is 0 Å². The Kier molecular flexibility index (Phi) is 6.62. The number of carbonyl (C=O) groups excluding carboxylic acids is 1. The van der Waals surface area contributed by atoms with Gasteiger partial charge in [-0.3, -0.25) is 4.99 Å². The Morgan fingerprint density at radius 1 is 1.40 bits per heavy atom. The van der Waals surface area contributed by atoms with Crippen molar-refractivity contribution in [2.24, 2.45) is 16.3 Å². The minimum atomic E-state index is -0.431. The molecule has 116 valence electrons. The van der Waals surface area contributed by atoms with Crippen LogP contribution < -0.4 is 0 Å². The molecule has 1 heterocycles. The average molecular weight is 285 g/mol. The molecule has 1 rings (SSSR count). The third-order valence-electron chi connectivity index (χ3n) is 3.07. The van der Waals surface area contributed by atoms with E-state index in [1.54, 1.807) is 6.21 Å². The summed E-state index contributed by atoms with van der Waals surface area (Å²) in [5, 5.41) is 0. The molecule has 0 aromatic carbocycles. The molecule has 5 nitrogen and oxygen atoms in total. The SMILES string of the molecule is COC(=O)[C@H](CC(C)C)N=CCC1OCC(C)(C)CO1. The van der Waals surface area contributed by atoms with E-state index in [0.717, 1.165) is 0 Å². The maximum atomic E-state index is 11.6. The van der Waals surface area contributed by atoms with Crippen LogP contribution in [0.2, 0.25) is 0 Å². The fourth-order valence-electron chi connectivity index (χ4n) is 1.94. The summed E-state index contributed by atoms with van der Waals surface area (Å²) < 4.78 is 16.0. The van der Waals surface area contributed by atoms with Crippen LogP contribution in [0.15, 0.2) is 4.99 Å². The van der Waals surface area contributed by atoms with Crippen LogP contribution in [0.25, 0.3) is 0 Å². The van der Waals surface area contributed by atoms with E-state index >= 15 is 0 Å². The smallest absolute Gasteiger partial charge is 0.330 e. The highest BCUT2D eigenvalue weighted by atomic mass is 16.7. The molecule has 0 aromatic heterocycles.